The Morgan fingerprint density at radius 3 is 2.46 bits per heavy atom. The van der Waals surface area contributed by atoms with Crippen LogP contribution in [-0.2, 0) is 17.6 Å². The molecule has 0 saturated heterocycles. The van der Waals surface area contributed by atoms with Gasteiger partial charge in [-0.3, -0.25) is 14.6 Å². The summed E-state index contributed by atoms with van der Waals surface area (Å²) in [5, 5.41) is 0. The first kappa shape index (κ1) is 17.6. The molecule has 0 atom stereocenters. The van der Waals surface area contributed by atoms with E-state index in [0.717, 1.165) is 37.3 Å². The Balaban J connectivity index is 1.80. The quantitative estimate of drug-likeness (QED) is 0.764. The van der Waals surface area contributed by atoms with Crippen molar-refractivity contribution in [1.29, 1.82) is 0 Å². The van der Waals surface area contributed by atoms with Crippen LogP contribution in [0.4, 0.5) is 11.4 Å². The van der Waals surface area contributed by atoms with Crippen LogP contribution in [0, 0.1) is 6.92 Å². The number of nitrogens with zero attached hydrogens (tertiary/aromatic N) is 2. The van der Waals surface area contributed by atoms with Crippen molar-refractivity contribution in [3.8, 4) is 0 Å². The van der Waals surface area contributed by atoms with E-state index in [1.165, 1.54) is 32.9 Å². The standard InChI is InChI=1S/C22H26N2OS/c1-4-23(5-2)14-22(25)24-18-10-9-15(3)11-20(18)26-21-13-17-8-6-7-16(17)12-19(21)24/h9-13H,4-8,14H2,1-3H3. The van der Waals surface area contributed by atoms with E-state index in [0.29, 0.717) is 6.54 Å². The minimum atomic E-state index is 0.165. The Bertz CT molecular complexity index is 857. The molecular weight excluding hydrogens is 340 g/mol. The molecule has 2 aromatic rings. The van der Waals surface area contributed by atoms with Crippen molar-refractivity contribution in [2.75, 3.05) is 24.5 Å². The van der Waals surface area contributed by atoms with E-state index in [2.05, 4.69) is 56.0 Å². The lowest BCUT2D eigenvalue weighted by atomic mass is 10.1. The largest absolute Gasteiger partial charge is 0.295 e. The highest BCUT2D eigenvalue weighted by Crippen LogP contribution is 2.50. The van der Waals surface area contributed by atoms with Gasteiger partial charge in [0.2, 0.25) is 5.91 Å². The molecule has 1 heterocycles. The van der Waals surface area contributed by atoms with Gasteiger partial charge in [0.25, 0.3) is 0 Å². The second-order valence-electron chi connectivity index (χ2n) is 7.21. The van der Waals surface area contributed by atoms with Gasteiger partial charge in [-0.25, -0.2) is 0 Å². The third-order valence-corrected chi connectivity index (χ3v) is 6.59. The number of hydrogen-bond donors (Lipinski definition) is 0. The molecule has 0 fully saturated rings. The van der Waals surface area contributed by atoms with E-state index in [1.54, 1.807) is 11.8 Å². The van der Waals surface area contributed by atoms with Crippen molar-refractivity contribution in [3.63, 3.8) is 0 Å². The van der Waals surface area contributed by atoms with Crippen molar-refractivity contribution in [2.45, 2.75) is 49.8 Å². The number of hydrogen-bond acceptors (Lipinski definition) is 3. The highest BCUT2D eigenvalue weighted by atomic mass is 32.2. The van der Waals surface area contributed by atoms with Crippen LogP contribution in [0.1, 0.15) is 37.0 Å². The Hall–Kier alpha value is -1.78. The molecule has 0 aromatic heterocycles. The van der Waals surface area contributed by atoms with Gasteiger partial charge in [-0.2, -0.15) is 0 Å². The number of fused-ring (bicyclic) bond motifs is 3. The maximum Gasteiger partial charge on any atom is 0.245 e. The van der Waals surface area contributed by atoms with E-state index in [9.17, 15) is 4.79 Å². The maximum atomic E-state index is 13.3. The zero-order valence-electron chi connectivity index (χ0n) is 15.8. The lowest BCUT2D eigenvalue weighted by Crippen LogP contribution is -2.39. The predicted octanol–water partition coefficient (Wildman–Crippen LogP) is 4.95. The monoisotopic (exact) mass is 366 g/mol. The Labute approximate surface area is 160 Å². The molecule has 4 rings (SSSR count). The molecule has 0 unspecified atom stereocenters. The summed E-state index contributed by atoms with van der Waals surface area (Å²) in [6.07, 6.45) is 3.52. The molecule has 3 nitrogen and oxygen atoms in total. The molecule has 0 spiro atoms. The molecular formula is C22H26N2OS. The molecule has 0 N–H and O–H groups in total. The van der Waals surface area contributed by atoms with E-state index in [1.807, 2.05) is 4.90 Å². The molecule has 0 saturated carbocycles. The second-order valence-corrected chi connectivity index (χ2v) is 8.29. The number of rotatable bonds is 4. The number of benzene rings is 2. The third kappa shape index (κ3) is 3.06. The summed E-state index contributed by atoms with van der Waals surface area (Å²) in [6, 6.07) is 11.0. The number of carbonyl (C=O) groups is 1. The van der Waals surface area contributed by atoms with Crippen LogP contribution in [0.2, 0.25) is 0 Å². The number of amides is 1. The Morgan fingerprint density at radius 1 is 1.04 bits per heavy atom. The minimum absolute atomic E-state index is 0.165. The zero-order valence-corrected chi connectivity index (χ0v) is 16.7. The van der Waals surface area contributed by atoms with Gasteiger partial charge in [0, 0.05) is 9.79 Å². The molecule has 4 heteroatoms. The number of aryl methyl sites for hydroxylation is 3. The van der Waals surface area contributed by atoms with Gasteiger partial charge in [0.05, 0.1) is 17.9 Å². The lowest BCUT2D eigenvalue weighted by molar-refractivity contribution is -0.119. The van der Waals surface area contributed by atoms with Gasteiger partial charge in [-0.15, -0.1) is 0 Å². The van der Waals surface area contributed by atoms with Gasteiger partial charge in [-0.1, -0.05) is 31.7 Å². The molecule has 0 radical (unpaired) electrons. The SMILES string of the molecule is CCN(CC)CC(=O)N1c2ccc(C)cc2Sc2cc3c(cc21)CCC3. The molecule has 2 aliphatic rings. The molecule has 0 bridgehead atoms. The molecule has 1 aliphatic carbocycles. The fourth-order valence-corrected chi connectivity index (χ4v) is 5.16. The highest BCUT2D eigenvalue weighted by molar-refractivity contribution is 7.99. The van der Waals surface area contributed by atoms with Crippen molar-refractivity contribution in [3.05, 3.63) is 47.0 Å². The van der Waals surface area contributed by atoms with Crippen molar-refractivity contribution < 1.29 is 4.79 Å². The van der Waals surface area contributed by atoms with Gasteiger partial charge >= 0.3 is 0 Å². The van der Waals surface area contributed by atoms with Gasteiger partial charge in [0.1, 0.15) is 0 Å². The van der Waals surface area contributed by atoms with E-state index >= 15 is 0 Å². The van der Waals surface area contributed by atoms with Crippen molar-refractivity contribution in [1.82, 2.24) is 4.90 Å². The first-order valence-electron chi connectivity index (χ1n) is 9.60. The molecule has 1 aliphatic heterocycles. The summed E-state index contributed by atoms with van der Waals surface area (Å²) in [7, 11) is 0. The molecule has 2 aromatic carbocycles. The minimum Gasteiger partial charge on any atom is -0.295 e. The van der Waals surface area contributed by atoms with Crippen molar-refractivity contribution >= 4 is 29.0 Å². The summed E-state index contributed by atoms with van der Waals surface area (Å²) >= 11 is 1.81. The van der Waals surface area contributed by atoms with Gasteiger partial charge in [0.15, 0.2) is 0 Å². The first-order valence-corrected chi connectivity index (χ1v) is 10.4. The van der Waals surface area contributed by atoms with Crippen LogP contribution in [0.3, 0.4) is 0 Å². The lowest BCUT2D eigenvalue weighted by Gasteiger charge is -2.33. The molecule has 136 valence electrons. The number of anilines is 2. The fourth-order valence-electron chi connectivity index (χ4n) is 3.96. The van der Waals surface area contributed by atoms with Gasteiger partial charge in [-0.05, 0) is 80.2 Å². The smallest absolute Gasteiger partial charge is 0.245 e. The summed E-state index contributed by atoms with van der Waals surface area (Å²) in [4.78, 5) is 19.9. The third-order valence-electron chi connectivity index (χ3n) is 5.49. The van der Waals surface area contributed by atoms with E-state index in [-0.39, 0.29) is 5.91 Å². The van der Waals surface area contributed by atoms with E-state index < -0.39 is 0 Å². The van der Waals surface area contributed by atoms with E-state index in [4.69, 9.17) is 0 Å². The number of carbonyl (C=O) groups excluding carboxylic acids is 1. The Morgan fingerprint density at radius 2 is 1.73 bits per heavy atom. The average Bonchev–Trinajstić information content (AvgIpc) is 3.09. The summed E-state index contributed by atoms with van der Waals surface area (Å²) in [5.41, 5.74) is 6.22. The second kappa shape index (κ2) is 7.09. The maximum absolute atomic E-state index is 13.3. The summed E-state index contributed by atoms with van der Waals surface area (Å²) in [6.45, 7) is 8.58. The summed E-state index contributed by atoms with van der Waals surface area (Å²) < 4.78 is 0. The van der Waals surface area contributed by atoms with Crippen LogP contribution >= 0.6 is 11.8 Å². The highest BCUT2D eigenvalue weighted by Gasteiger charge is 2.30. The first-order chi connectivity index (χ1) is 12.6. The topological polar surface area (TPSA) is 23.6 Å². The molecule has 26 heavy (non-hydrogen) atoms. The number of likely N-dealkylation sites (N-methyl/N-ethyl adjacent to an activating group) is 1. The normalized spacial score (nSPS) is 15.0. The van der Waals surface area contributed by atoms with Crippen LogP contribution in [0.25, 0.3) is 0 Å². The van der Waals surface area contributed by atoms with Crippen LogP contribution < -0.4 is 4.90 Å². The van der Waals surface area contributed by atoms with Crippen LogP contribution in [-0.4, -0.2) is 30.4 Å². The van der Waals surface area contributed by atoms with Gasteiger partial charge < -0.3 is 0 Å². The van der Waals surface area contributed by atoms with Crippen LogP contribution in [0.15, 0.2) is 40.1 Å². The van der Waals surface area contributed by atoms with Crippen molar-refractivity contribution in [2.24, 2.45) is 0 Å². The summed E-state index contributed by atoms with van der Waals surface area (Å²) in [5.74, 6) is 0.165. The zero-order chi connectivity index (χ0) is 18.3. The van der Waals surface area contributed by atoms with Crippen LogP contribution in [0.5, 0.6) is 0 Å². The Kier molecular flexibility index (Phi) is 4.80. The fraction of sp³-hybridized carbons (Fsp3) is 0.409. The average molecular weight is 367 g/mol. The predicted molar refractivity (Wildman–Crippen MR) is 109 cm³/mol. The molecule has 1 amide bonds.